The third kappa shape index (κ3) is 4.10. The van der Waals surface area contributed by atoms with Crippen LogP contribution >= 0.6 is 12.4 Å². The van der Waals surface area contributed by atoms with E-state index in [4.69, 9.17) is 5.73 Å². The van der Waals surface area contributed by atoms with E-state index in [0.717, 1.165) is 0 Å². The maximum atomic E-state index is 12.8. The van der Waals surface area contributed by atoms with Gasteiger partial charge in [0.25, 0.3) is 0 Å². The van der Waals surface area contributed by atoms with Crippen LogP contribution in [0.25, 0.3) is 0 Å². The summed E-state index contributed by atoms with van der Waals surface area (Å²) < 4.78 is 36.8. The molecule has 0 heterocycles. The van der Waals surface area contributed by atoms with Gasteiger partial charge in [-0.3, -0.25) is 0 Å². The van der Waals surface area contributed by atoms with E-state index in [1.54, 1.807) is 6.92 Å². The van der Waals surface area contributed by atoms with Crippen molar-refractivity contribution in [2.24, 2.45) is 5.73 Å². The Kier molecular flexibility index (Phi) is 5.68. The zero-order valence-corrected chi connectivity index (χ0v) is 9.03. The van der Waals surface area contributed by atoms with Crippen LogP contribution < -0.4 is 5.73 Å². The lowest BCUT2D eigenvalue weighted by Gasteiger charge is -2.12. The van der Waals surface area contributed by atoms with Gasteiger partial charge in [0.05, 0.1) is 0 Å². The number of rotatable bonds is 3. The number of halogens is 4. The van der Waals surface area contributed by atoms with Crippen LogP contribution in [0.2, 0.25) is 0 Å². The number of aryl methyl sites for hydroxylation is 1. The Hall–Kier alpha value is -0.740. The van der Waals surface area contributed by atoms with Crippen LogP contribution in [0.5, 0.6) is 0 Å². The molecule has 0 unspecified atom stereocenters. The van der Waals surface area contributed by atoms with Crippen LogP contribution in [0.1, 0.15) is 23.6 Å². The van der Waals surface area contributed by atoms with Gasteiger partial charge in [0.1, 0.15) is 5.82 Å². The van der Waals surface area contributed by atoms with Gasteiger partial charge in [-0.2, -0.15) is 0 Å². The van der Waals surface area contributed by atoms with Crippen molar-refractivity contribution in [3.63, 3.8) is 0 Å². The largest absolute Gasteiger partial charge is 0.324 e. The van der Waals surface area contributed by atoms with Gasteiger partial charge in [-0.05, 0) is 24.1 Å². The Morgan fingerprint density at radius 2 is 1.93 bits per heavy atom. The monoisotopic (exact) mass is 239 g/mol. The average molecular weight is 240 g/mol. The van der Waals surface area contributed by atoms with Crippen molar-refractivity contribution in [3.05, 3.63) is 35.1 Å². The third-order valence-corrected chi connectivity index (χ3v) is 2.04. The lowest BCUT2D eigenvalue weighted by atomic mass is 10.0. The molecular weight excluding hydrogens is 227 g/mol. The summed E-state index contributed by atoms with van der Waals surface area (Å²) in [6.07, 6.45) is -2.83. The highest BCUT2D eigenvalue weighted by atomic mass is 35.5. The maximum absolute atomic E-state index is 12.8. The summed E-state index contributed by atoms with van der Waals surface area (Å²) in [4.78, 5) is 0. The first-order chi connectivity index (χ1) is 6.50. The molecule has 1 rings (SSSR count). The van der Waals surface area contributed by atoms with E-state index in [9.17, 15) is 13.2 Å². The molecule has 86 valence electrons. The Balaban J connectivity index is 0.00000196. The predicted octanol–water partition coefficient (Wildman–Crippen LogP) is 3.21. The Bertz CT molecular complexity index is 318. The molecular formula is C10H13ClF3N. The summed E-state index contributed by atoms with van der Waals surface area (Å²) in [6, 6.07) is 3.46. The van der Waals surface area contributed by atoms with Crippen molar-refractivity contribution in [2.75, 3.05) is 0 Å². The van der Waals surface area contributed by atoms with Crippen LogP contribution in [0.15, 0.2) is 18.2 Å². The molecule has 0 radical (unpaired) electrons. The number of benzene rings is 1. The van der Waals surface area contributed by atoms with E-state index in [-0.39, 0.29) is 18.2 Å². The van der Waals surface area contributed by atoms with Crippen molar-refractivity contribution in [3.8, 4) is 0 Å². The second-order valence-corrected chi connectivity index (χ2v) is 3.24. The van der Waals surface area contributed by atoms with E-state index in [0.29, 0.717) is 11.1 Å². The van der Waals surface area contributed by atoms with E-state index >= 15 is 0 Å². The zero-order chi connectivity index (χ0) is 10.7. The van der Waals surface area contributed by atoms with Gasteiger partial charge >= 0.3 is 0 Å². The molecule has 1 nitrogen and oxygen atoms in total. The Morgan fingerprint density at radius 3 is 2.40 bits per heavy atom. The minimum atomic E-state index is -2.43. The maximum Gasteiger partial charge on any atom is 0.240 e. The summed E-state index contributed by atoms with van der Waals surface area (Å²) in [6.45, 7) is 1.58. The van der Waals surface area contributed by atoms with Crippen molar-refractivity contribution in [2.45, 2.75) is 25.8 Å². The summed E-state index contributed by atoms with van der Waals surface area (Å²) in [5.41, 5.74) is 6.48. The molecule has 0 bridgehead atoms. The highest BCUT2D eigenvalue weighted by Crippen LogP contribution is 2.20. The first-order valence-electron chi connectivity index (χ1n) is 4.30. The standard InChI is InChI=1S/C10H12F3N.ClH/c1-6-4-7(2-3-8(6)11)9(14)5-10(12)13;/h2-4,9-10H,5,14H2,1H3;1H/t9-;/m1./s1. The van der Waals surface area contributed by atoms with E-state index < -0.39 is 18.9 Å². The lowest BCUT2D eigenvalue weighted by Crippen LogP contribution is -2.14. The number of hydrogen-bond donors (Lipinski definition) is 1. The first kappa shape index (κ1) is 14.3. The molecule has 0 aliphatic heterocycles. The highest BCUT2D eigenvalue weighted by Gasteiger charge is 2.13. The van der Waals surface area contributed by atoms with Crippen LogP contribution in [-0.2, 0) is 0 Å². The average Bonchev–Trinajstić information content (AvgIpc) is 2.08. The first-order valence-corrected chi connectivity index (χ1v) is 4.30. The van der Waals surface area contributed by atoms with Crippen molar-refractivity contribution >= 4 is 12.4 Å². The van der Waals surface area contributed by atoms with E-state index in [1.807, 2.05) is 0 Å². The molecule has 5 heteroatoms. The second-order valence-electron chi connectivity index (χ2n) is 3.24. The van der Waals surface area contributed by atoms with Crippen LogP contribution in [0, 0.1) is 12.7 Å². The number of alkyl halides is 2. The lowest BCUT2D eigenvalue weighted by molar-refractivity contribution is 0.128. The van der Waals surface area contributed by atoms with E-state index in [1.165, 1.54) is 18.2 Å². The fourth-order valence-electron chi connectivity index (χ4n) is 1.23. The molecule has 0 aromatic heterocycles. The smallest absolute Gasteiger partial charge is 0.240 e. The van der Waals surface area contributed by atoms with Gasteiger partial charge in [-0.15, -0.1) is 12.4 Å². The number of hydrogen-bond acceptors (Lipinski definition) is 1. The fourth-order valence-corrected chi connectivity index (χ4v) is 1.23. The number of nitrogens with two attached hydrogens (primary N) is 1. The van der Waals surface area contributed by atoms with Gasteiger partial charge < -0.3 is 5.73 Å². The minimum Gasteiger partial charge on any atom is -0.324 e. The molecule has 0 amide bonds. The second kappa shape index (κ2) is 5.98. The Morgan fingerprint density at radius 1 is 1.33 bits per heavy atom. The molecule has 0 fully saturated rings. The third-order valence-electron chi connectivity index (χ3n) is 2.04. The molecule has 0 saturated heterocycles. The molecule has 0 aliphatic carbocycles. The molecule has 0 spiro atoms. The SMILES string of the molecule is Cc1cc([C@H](N)CC(F)F)ccc1F.Cl. The molecule has 0 saturated carbocycles. The normalized spacial score (nSPS) is 12.4. The molecule has 1 aromatic rings. The van der Waals surface area contributed by atoms with Gasteiger partial charge in [0.15, 0.2) is 0 Å². The summed E-state index contributed by atoms with van der Waals surface area (Å²) >= 11 is 0. The quantitative estimate of drug-likeness (QED) is 0.861. The van der Waals surface area contributed by atoms with Gasteiger partial charge in [0.2, 0.25) is 6.43 Å². The fraction of sp³-hybridized carbons (Fsp3) is 0.400. The Labute approximate surface area is 92.9 Å². The van der Waals surface area contributed by atoms with Crippen molar-refractivity contribution in [1.82, 2.24) is 0 Å². The van der Waals surface area contributed by atoms with Crippen LogP contribution in [-0.4, -0.2) is 6.43 Å². The molecule has 1 aromatic carbocycles. The molecule has 2 N–H and O–H groups in total. The summed E-state index contributed by atoms with van der Waals surface area (Å²) in [5, 5.41) is 0. The van der Waals surface area contributed by atoms with Crippen molar-refractivity contribution in [1.29, 1.82) is 0 Å². The van der Waals surface area contributed by atoms with Gasteiger partial charge in [-0.1, -0.05) is 12.1 Å². The summed E-state index contributed by atoms with van der Waals surface area (Å²) in [7, 11) is 0. The molecule has 15 heavy (non-hydrogen) atoms. The van der Waals surface area contributed by atoms with Gasteiger partial charge in [0, 0.05) is 12.5 Å². The molecule has 0 aliphatic rings. The molecule has 1 atom stereocenters. The van der Waals surface area contributed by atoms with E-state index in [2.05, 4.69) is 0 Å². The topological polar surface area (TPSA) is 26.0 Å². The highest BCUT2D eigenvalue weighted by molar-refractivity contribution is 5.85. The predicted molar refractivity (Wildman–Crippen MR) is 55.9 cm³/mol. The minimum absolute atomic E-state index is 0. The van der Waals surface area contributed by atoms with Crippen LogP contribution in [0.4, 0.5) is 13.2 Å². The van der Waals surface area contributed by atoms with Crippen LogP contribution in [0.3, 0.4) is 0 Å². The summed E-state index contributed by atoms with van der Waals surface area (Å²) in [5.74, 6) is -0.349. The van der Waals surface area contributed by atoms with Gasteiger partial charge in [-0.25, -0.2) is 13.2 Å². The zero-order valence-electron chi connectivity index (χ0n) is 8.21. The van der Waals surface area contributed by atoms with Crippen molar-refractivity contribution < 1.29 is 13.2 Å².